The number of hydrogen-bond donors (Lipinski definition) is 0. The molecule has 0 aromatic heterocycles. The van der Waals surface area contributed by atoms with E-state index < -0.39 is 4.92 Å². The third-order valence-corrected chi connectivity index (χ3v) is 7.43. The van der Waals surface area contributed by atoms with Crippen molar-refractivity contribution in [3.05, 3.63) is 73.4 Å². The van der Waals surface area contributed by atoms with Crippen molar-refractivity contribution in [2.24, 2.45) is 28.8 Å². The smallest absolute Gasteiger partial charge is 0.269 e. The van der Waals surface area contributed by atoms with E-state index in [0.29, 0.717) is 23.7 Å². The molecule has 2 aromatic carbocycles. The van der Waals surface area contributed by atoms with Crippen molar-refractivity contribution in [3.8, 4) is 11.5 Å². The molecule has 2 aliphatic carbocycles. The lowest BCUT2D eigenvalue weighted by Gasteiger charge is -2.15. The first-order chi connectivity index (χ1) is 16.9. The number of imide groups is 1. The van der Waals surface area contributed by atoms with Gasteiger partial charge in [0.2, 0.25) is 0 Å². The van der Waals surface area contributed by atoms with Crippen LogP contribution in [0.15, 0.2) is 53.7 Å². The molecular weight excluding hydrogens is 565 g/mol. The molecule has 1 saturated heterocycles. The first kappa shape index (κ1) is 23.5. The van der Waals surface area contributed by atoms with Gasteiger partial charge in [-0.1, -0.05) is 12.2 Å². The predicted molar refractivity (Wildman–Crippen MR) is 135 cm³/mol. The van der Waals surface area contributed by atoms with E-state index in [4.69, 9.17) is 9.47 Å². The molecule has 2 amide bonds. The van der Waals surface area contributed by atoms with Crippen molar-refractivity contribution in [2.45, 2.75) is 20.0 Å². The summed E-state index contributed by atoms with van der Waals surface area (Å²) in [6, 6.07) is 9.74. The summed E-state index contributed by atoms with van der Waals surface area (Å²) in [5.74, 6) is 0.285. The number of carbonyl (C=O) groups is 2. The van der Waals surface area contributed by atoms with Gasteiger partial charge in [0.1, 0.15) is 6.61 Å². The first-order valence-corrected chi connectivity index (χ1v) is 12.4. The highest BCUT2D eigenvalue weighted by Crippen LogP contribution is 2.52. The SMILES string of the molecule is CCOc1cc(/C=N\N2C(=O)[C@H]3[C@H](C2=O)[C@H]2C=C[C@H]3C2)cc(I)c1OCc1ccc([N+](=O)[O-])cc1. The van der Waals surface area contributed by atoms with Crippen molar-refractivity contribution in [1.82, 2.24) is 5.01 Å². The number of fused-ring (bicyclic) bond motifs is 5. The fraction of sp³-hybridized carbons (Fsp3) is 0.320. The Kier molecular flexibility index (Phi) is 6.30. The van der Waals surface area contributed by atoms with E-state index in [2.05, 4.69) is 39.8 Å². The highest BCUT2D eigenvalue weighted by molar-refractivity contribution is 14.1. The Morgan fingerprint density at radius 2 is 1.77 bits per heavy atom. The topological polar surface area (TPSA) is 111 Å². The first-order valence-electron chi connectivity index (χ1n) is 11.3. The number of rotatable bonds is 8. The zero-order valence-corrected chi connectivity index (χ0v) is 21.0. The van der Waals surface area contributed by atoms with Gasteiger partial charge in [0, 0.05) is 12.1 Å². The highest BCUT2D eigenvalue weighted by atomic mass is 127. The van der Waals surface area contributed by atoms with Crippen LogP contribution < -0.4 is 9.47 Å². The van der Waals surface area contributed by atoms with E-state index >= 15 is 0 Å². The quantitative estimate of drug-likeness (QED) is 0.114. The molecule has 1 saturated carbocycles. The number of halogens is 1. The molecule has 0 radical (unpaired) electrons. The van der Waals surface area contributed by atoms with Crippen LogP contribution >= 0.6 is 22.6 Å². The number of allylic oxidation sites excluding steroid dienone is 2. The summed E-state index contributed by atoms with van der Waals surface area (Å²) in [6.07, 6.45) is 6.48. The Morgan fingerprint density at radius 1 is 1.11 bits per heavy atom. The van der Waals surface area contributed by atoms with Gasteiger partial charge >= 0.3 is 0 Å². The van der Waals surface area contributed by atoms with E-state index in [9.17, 15) is 19.7 Å². The molecule has 4 atom stereocenters. The third-order valence-electron chi connectivity index (χ3n) is 6.63. The largest absolute Gasteiger partial charge is 0.490 e. The van der Waals surface area contributed by atoms with Crippen LogP contribution in [0.1, 0.15) is 24.5 Å². The van der Waals surface area contributed by atoms with Crippen LogP contribution in [0.4, 0.5) is 5.69 Å². The van der Waals surface area contributed by atoms with E-state index in [0.717, 1.165) is 20.6 Å². The van der Waals surface area contributed by atoms with Gasteiger partial charge in [0.15, 0.2) is 11.5 Å². The van der Waals surface area contributed by atoms with Crippen LogP contribution in [-0.4, -0.2) is 34.6 Å². The summed E-state index contributed by atoms with van der Waals surface area (Å²) < 4.78 is 12.5. The molecule has 35 heavy (non-hydrogen) atoms. The average Bonchev–Trinajstić information content (AvgIpc) is 3.52. The fourth-order valence-corrected chi connectivity index (χ4v) is 5.84. The second kappa shape index (κ2) is 9.40. The second-order valence-corrected chi connectivity index (χ2v) is 9.87. The van der Waals surface area contributed by atoms with Gasteiger partial charge in [-0.15, -0.1) is 0 Å². The molecule has 10 heteroatoms. The zero-order chi connectivity index (χ0) is 24.7. The van der Waals surface area contributed by atoms with Crippen LogP contribution in [0.2, 0.25) is 0 Å². The molecule has 2 fully saturated rings. The number of nitrogens with zero attached hydrogens (tertiary/aromatic N) is 3. The van der Waals surface area contributed by atoms with Crippen LogP contribution in [-0.2, 0) is 16.2 Å². The van der Waals surface area contributed by atoms with Crippen LogP contribution in [0.5, 0.6) is 11.5 Å². The summed E-state index contributed by atoms with van der Waals surface area (Å²) in [6.45, 7) is 2.47. The Bertz CT molecular complexity index is 1230. The van der Waals surface area contributed by atoms with Crippen LogP contribution in [0.3, 0.4) is 0 Å². The molecular formula is C25H22IN3O6. The molecule has 1 aliphatic heterocycles. The van der Waals surface area contributed by atoms with Gasteiger partial charge in [-0.05, 0) is 83.2 Å². The van der Waals surface area contributed by atoms with Gasteiger partial charge < -0.3 is 9.47 Å². The van der Waals surface area contributed by atoms with E-state index in [1.165, 1.54) is 18.3 Å². The monoisotopic (exact) mass is 587 g/mol. The molecule has 180 valence electrons. The number of amides is 2. The molecule has 2 bridgehead atoms. The number of hydrazone groups is 1. The van der Waals surface area contributed by atoms with Crippen molar-refractivity contribution in [2.75, 3.05) is 6.61 Å². The van der Waals surface area contributed by atoms with Crippen molar-refractivity contribution < 1.29 is 24.0 Å². The second-order valence-electron chi connectivity index (χ2n) is 8.71. The molecule has 2 aromatic rings. The van der Waals surface area contributed by atoms with Gasteiger partial charge in [0.05, 0.1) is 33.2 Å². The lowest BCUT2D eigenvalue weighted by atomic mass is 9.85. The minimum atomic E-state index is -0.447. The highest BCUT2D eigenvalue weighted by Gasteiger charge is 2.59. The number of non-ortho nitro benzene ring substituents is 1. The Hall–Kier alpha value is -3.28. The Balaban J connectivity index is 1.32. The number of ether oxygens (including phenoxy) is 2. The van der Waals surface area contributed by atoms with Gasteiger partial charge in [-0.2, -0.15) is 10.1 Å². The molecule has 0 spiro atoms. The molecule has 1 heterocycles. The van der Waals surface area contributed by atoms with E-state index in [1.807, 2.05) is 13.0 Å². The lowest BCUT2D eigenvalue weighted by Crippen LogP contribution is -2.28. The van der Waals surface area contributed by atoms with Gasteiger partial charge in [-0.3, -0.25) is 19.7 Å². The fourth-order valence-electron chi connectivity index (χ4n) is 5.06. The minimum absolute atomic E-state index is 0.0180. The normalized spacial score (nSPS) is 24.5. The number of carbonyl (C=O) groups excluding carboxylic acids is 2. The van der Waals surface area contributed by atoms with E-state index in [-0.39, 0.29) is 47.8 Å². The summed E-state index contributed by atoms with van der Waals surface area (Å²) in [4.78, 5) is 36.1. The molecule has 9 nitrogen and oxygen atoms in total. The summed E-state index contributed by atoms with van der Waals surface area (Å²) in [5.41, 5.74) is 1.46. The average molecular weight is 587 g/mol. The zero-order valence-electron chi connectivity index (χ0n) is 18.8. The molecule has 5 rings (SSSR count). The van der Waals surface area contributed by atoms with Gasteiger partial charge in [-0.25, -0.2) is 0 Å². The van der Waals surface area contributed by atoms with Gasteiger partial charge in [0.25, 0.3) is 17.5 Å². The number of hydrogen-bond acceptors (Lipinski definition) is 7. The maximum Gasteiger partial charge on any atom is 0.269 e. The third kappa shape index (κ3) is 4.30. The summed E-state index contributed by atoms with van der Waals surface area (Å²) >= 11 is 2.13. The van der Waals surface area contributed by atoms with Crippen LogP contribution in [0, 0.1) is 37.4 Å². The predicted octanol–water partition coefficient (Wildman–Crippen LogP) is 4.32. The Morgan fingerprint density at radius 3 is 2.37 bits per heavy atom. The maximum absolute atomic E-state index is 12.9. The maximum atomic E-state index is 12.9. The van der Waals surface area contributed by atoms with E-state index in [1.54, 1.807) is 18.2 Å². The summed E-state index contributed by atoms with van der Waals surface area (Å²) in [7, 11) is 0. The number of nitro groups is 1. The standard InChI is InChI=1S/C25H22IN3O6/c1-2-34-20-10-15(9-19(26)23(20)35-13-14-3-7-18(8-4-14)29(32)33)12-27-28-24(30)21-16-5-6-17(11-16)22(21)25(28)31/h3-10,12,16-17,21-22H,2,11,13H2,1H3/b27-12-/t16-,17-,21+,22+/m0/s1. The summed E-state index contributed by atoms with van der Waals surface area (Å²) in [5, 5.41) is 16.1. The van der Waals surface area contributed by atoms with Crippen LogP contribution in [0.25, 0.3) is 0 Å². The minimum Gasteiger partial charge on any atom is -0.490 e. The molecule has 0 N–H and O–H groups in total. The van der Waals surface area contributed by atoms with Crippen molar-refractivity contribution >= 4 is 46.3 Å². The molecule has 3 aliphatic rings. The number of nitro benzene ring substituents is 1. The Labute approximate surface area is 215 Å². The molecule has 0 unspecified atom stereocenters. The lowest BCUT2D eigenvalue weighted by molar-refractivity contribution is -0.384. The number of benzene rings is 2. The van der Waals surface area contributed by atoms with Crippen molar-refractivity contribution in [1.29, 1.82) is 0 Å². The van der Waals surface area contributed by atoms with Crippen molar-refractivity contribution in [3.63, 3.8) is 0 Å².